The van der Waals surface area contributed by atoms with Gasteiger partial charge in [-0.25, -0.2) is 9.59 Å². The fourth-order valence-electron chi connectivity index (χ4n) is 1.34. The van der Waals surface area contributed by atoms with Crippen LogP contribution in [0.3, 0.4) is 0 Å². The van der Waals surface area contributed by atoms with E-state index in [0.29, 0.717) is 11.8 Å². The van der Waals surface area contributed by atoms with Crippen LogP contribution in [0.4, 0.5) is 4.79 Å². The van der Waals surface area contributed by atoms with Crippen LogP contribution in [-0.4, -0.2) is 53.1 Å². The first-order valence-electron chi connectivity index (χ1n) is 7.66. The molecule has 0 aromatic rings. The topological polar surface area (TPSA) is 108 Å². The Morgan fingerprint density at radius 1 is 1.08 bits per heavy atom. The van der Waals surface area contributed by atoms with Crippen LogP contribution >= 0.6 is 24.4 Å². The van der Waals surface area contributed by atoms with Gasteiger partial charge in [-0.3, -0.25) is 9.59 Å². The highest BCUT2D eigenvalue weighted by Crippen LogP contribution is 2.26. The predicted molar refractivity (Wildman–Crippen MR) is 96.4 cm³/mol. The Balaban J connectivity index is 4.53. The number of amides is 1. The summed E-state index contributed by atoms with van der Waals surface area (Å²) in [6.07, 6.45) is 0. The number of carbonyl (C=O) groups excluding carboxylic acids is 4. The van der Waals surface area contributed by atoms with Crippen LogP contribution in [0.1, 0.15) is 34.6 Å². The Hall–Kier alpha value is -1.42. The molecule has 0 radical (unpaired) electrons. The van der Waals surface area contributed by atoms with Crippen molar-refractivity contribution in [2.75, 3.05) is 19.2 Å². The van der Waals surface area contributed by atoms with Crippen molar-refractivity contribution >= 4 is 47.5 Å². The SMILES string of the molecule is CCOC(=O)[C@H](CS)NC(=O)C(C)(C)SC(=O)OCOC(=O)C(C)C. The molecule has 0 saturated heterocycles. The molecule has 0 aromatic heterocycles. The molecule has 1 amide bonds. The van der Waals surface area contributed by atoms with E-state index < -0.39 is 40.7 Å². The van der Waals surface area contributed by atoms with Gasteiger partial charge in [-0.1, -0.05) is 13.8 Å². The summed E-state index contributed by atoms with van der Waals surface area (Å²) >= 11 is 4.61. The van der Waals surface area contributed by atoms with Crippen LogP contribution in [-0.2, 0) is 28.6 Å². The van der Waals surface area contributed by atoms with E-state index in [1.54, 1.807) is 20.8 Å². The fraction of sp³-hybridized carbons (Fsp3) is 0.733. The van der Waals surface area contributed by atoms with Crippen LogP contribution in [0, 0.1) is 5.92 Å². The number of thiol groups is 1. The lowest BCUT2D eigenvalue weighted by Crippen LogP contribution is -2.50. The Morgan fingerprint density at radius 2 is 1.68 bits per heavy atom. The van der Waals surface area contributed by atoms with Crippen molar-refractivity contribution < 1.29 is 33.4 Å². The van der Waals surface area contributed by atoms with Gasteiger partial charge in [0.1, 0.15) is 6.04 Å². The van der Waals surface area contributed by atoms with Gasteiger partial charge in [-0.2, -0.15) is 12.6 Å². The third kappa shape index (κ3) is 9.01. The zero-order valence-electron chi connectivity index (χ0n) is 15.0. The molecular weight excluding hydrogens is 370 g/mol. The summed E-state index contributed by atoms with van der Waals surface area (Å²) in [5, 5.41) is 1.70. The van der Waals surface area contributed by atoms with Crippen LogP contribution in [0.2, 0.25) is 0 Å². The molecule has 8 nitrogen and oxygen atoms in total. The number of esters is 2. The number of carbonyl (C=O) groups is 4. The van der Waals surface area contributed by atoms with E-state index in [2.05, 4.69) is 17.9 Å². The van der Waals surface area contributed by atoms with E-state index in [1.165, 1.54) is 13.8 Å². The first-order valence-corrected chi connectivity index (χ1v) is 9.10. The number of nitrogens with one attached hydrogen (secondary N) is 1. The van der Waals surface area contributed by atoms with Gasteiger partial charge in [0.2, 0.25) is 12.7 Å². The van der Waals surface area contributed by atoms with Gasteiger partial charge in [0.25, 0.3) is 0 Å². The second-order valence-electron chi connectivity index (χ2n) is 5.70. The Labute approximate surface area is 157 Å². The predicted octanol–water partition coefficient (Wildman–Crippen LogP) is 1.77. The molecule has 0 aliphatic carbocycles. The van der Waals surface area contributed by atoms with Gasteiger partial charge in [0.15, 0.2) is 0 Å². The molecule has 0 heterocycles. The quantitative estimate of drug-likeness (QED) is 0.345. The van der Waals surface area contributed by atoms with Crippen LogP contribution in [0.25, 0.3) is 0 Å². The third-order valence-electron chi connectivity index (χ3n) is 2.79. The molecule has 0 fully saturated rings. The minimum absolute atomic E-state index is 0.0565. The number of thioether (sulfide) groups is 1. The zero-order valence-corrected chi connectivity index (χ0v) is 16.7. The maximum absolute atomic E-state index is 12.3. The Morgan fingerprint density at radius 3 is 2.16 bits per heavy atom. The molecule has 0 aromatic carbocycles. The molecule has 1 N–H and O–H groups in total. The van der Waals surface area contributed by atoms with E-state index >= 15 is 0 Å². The number of rotatable bonds is 9. The molecule has 0 aliphatic heterocycles. The van der Waals surface area contributed by atoms with Crippen molar-refractivity contribution in [3.8, 4) is 0 Å². The maximum atomic E-state index is 12.3. The van der Waals surface area contributed by atoms with Gasteiger partial charge in [0.05, 0.1) is 17.3 Å². The average molecular weight is 395 g/mol. The summed E-state index contributed by atoms with van der Waals surface area (Å²) in [6.45, 7) is 7.59. The molecule has 0 rings (SSSR count). The molecule has 1 atom stereocenters. The third-order valence-corrected chi connectivity index (χ3v) is 4.14. The largest absolute Gasteiger partial charge is 0.464 e. The number of hydrogen-bond acceptors (Lipinski definition) is 9. The maximum Gasteiger partial charge on any atom is 0.371 e. The zero-order chi connectivity index (χ0) is 19.6. The van der Waals surface area contributed by atoms with Gasteiger partial charge in [0, 0.05) is 5.75 Å². The second kappa shape index (κ2) is 11.2. The van der Waals surface area contributed by atoms with E-state index in [-0.39, 0.29) is 18.3 Å². The van der Waals surface area contributed by atoms with Crippen molar-refractivity contribution in [3.63, 3.8) is 0 Å². The molecular formula is C15H25NO7S2. The summed E-state index contributed by atoms with van der Waals surface area (Å²) in [6, 6.07) is -0.918. The van der Waals surface area contributed by atoms with Crippen molar-refractivity contribution in [3.05, 3.63) is 0 Å². The summed E-state index contributed by atoms with van der Waals surface area (Å²) < 4.78 is 13.1. The van der Waals surface area contributed by atoms with Crippen molar-refractivity contribution in [1.82, 2.24) is 5.32 Å². The smallest absolute Gasteiger partial charge is 0.371 e. The highest BCUT2D eigenvalue weighted by Gasteiger charge is 2.35. The molecule has 0 spiro atoms. The van der Waals surface area contributed by atoms with Gasteiger partial charge in [-0.05, 0) is 32.5 Å². The summed E-state index contributed by atoms with van der Waals surface area (Å²) in [5.74, 6) is -1.94. The van der Waals surface area contributed by atoms with E-state index in [1.807, 2.05) is 0 Å². The molecule has 0 saturated carbocycles. The monoisotopic (exact) mass is 395 g/mol. The molecule has 25 heavy (non-hydrogen) atoms. The molecule has 0 unspecified atom stereocenters. The van der Waals surface area contributed by atoms with E-state index in [0.717, 1.165) is 0 Å². The minimum Gasteiger partial charge on any atom is -0.464 e. The molecule has 0 bridgehead atoms. The van der Waals surface area contributed by atoms with Gasteiger partial charge < -0.3 is 19.5 Å². The Bertz CT molecular complexity index is 494. The average Bonchev–Trinajstić information content (AvgIpc) is 2.51. The number of ether oxygens (including phenoxy) is 3. The molecule has 10 heteroatoms. The van der Waals surface area contributed by atoms with Crippen LogP contribution in [0.5, 0.6) is 0 Å². The lowest BCUT2D eigenvalue weighted by atomic mass is 10.2. The lowest BCUT2D eigenvalue weighted by molar-refractivity contribution is -0.155. The lowest BCUT2D eigenvalue weighted by Gasteiger charge is -2.24. The van der Waals surface area contributed by atoms with Gasteiger partial charge >= 0.3 is 17.2 Å². The summed E-state index contributed by atoms with van der Waals surface area (Å²) in [4.78, 5) is 47.0. The highest BCUT2D eigenvalue weighted by atomic mass is 32.2. The van der Waals surface area contributed by atoms with E-state index in [4.69, 9.17) is 14.2 Å². The van der Waals surface area contributed by atoms with Crippen molar-refractivity contribution in [1.29, 1.82) is 0 Å². The highest BCUT2D eigenvalue weighted by molar-refractivity contribution is 8.15. The minimum atomic E-state index is -1.22. The van der Waals surface area contributed by atoms with Crippen molar-refractivity contribution in [2.24, 2.45) is 5.92 Å². The summed E-state index contributed by atoms with van der Waals surface area (Å²) in [5.41, 5.74) is 0. The molecule has 0 aliphatic rings. The standard InChI is InChI=1S/C15H25NO7S2/c1-6-21-12(18)10(7-24)16-13(19)15(4,5)25-14(20)23-8-22-11(17)9(2)3/h9-10,24H,6-8H2,1-5H3,(H,16,19)/t10-/m0/s1. The first-order chi connectivity index (χ1) is 11.5. The van der Waals surface area contributed by atoms with Crippen molar-refractivity contribution in [2.45, 2.75) is 45.4 Å². The molecule has 144 valence electrons. The van der Waals surface area contributed by atoms with Crippen LogP contribution < -0.4 is 5.32 Å². The summed E-state index contributed by atoms with van der Waals surface area (Å²) in [7, 11) is 0. The van der Waals surface area contributed by atoms with Crippen LogP contribution in [0.15, 0.2) is 0 Å². The Kier molecular flexibility index (Phi) is 10.6. The van der Waals surface area contributed by atoms with Gasteiger partial charge in [-0.15, -0.1) is 0 Å². The normalized spacial score (nSPS) is 12.3. The first kappa shape index (κ1) is 23.6. The second-order valence-corrected chi connectivity index (χ2v) is 7.63. The fourth-order valence-corrected chi connectivity index (χ4v) is 2.26. The van der Waals surface area contributed by atoms with E-state index in [9.17, 15) is 19.2 Å². The number of hydrogen-bond donors (Lipinski definition) is 2.